The molecule has 1 radical (unpaired) electrons. The summed E-state index contributed by atoms with van der Waals surface area (Å²) in [6, 6.07) is 22.3. The number of aromatic nitrogens is 1. The van der Waals surface area contributed by atoms with E-state index in [0.29, 0.717) is 5.92 Å². The Morgan fingerprint density at radius 3 is 2.12 bits per heavy atom. The van der Waals surface area contributed by atoms with E-state index >= 15 is 0 Å². The smallest absolute Gasteiger partial charge is 0.0651 e. The second-order valence-corrected chi connectivity index (χ2v) is 13.0. The quantitative estimate of drug-likeness (QED) is 0.249. The molecule has 3 aliphatic rings. The van der Waals surface area contributed by atoms with Gasteiger partial charge in [-0.25, -0.2) is 0 Å². The molecule has 3 saturated carbocycles. The van der Waals surface area contributed by atoms with E-state index < -0.39 is 0 Å². The maximum Gasteiger partial charge on any atom is 0.0651 e. The van der Waals surface area contributed by atoms with Gasteiger partial charge in [-0.3, -0.25) is 4.98 Å². The van der Waals surface area contributed by atoms with Crippen molar-refractivity contribution in [1.29, 1.82) is 0 Å². The summed E-state index contributed by atoms with van der Waals surface area (Å²) in [4.78, 5) is 4.85. The second-order valence-electron chi connectivity index (χ2n) is 13.0. The summed E-state index contributed by atoms with van der Waals surface area (Å²) >= 11 is 0. The Morgan fingerprint density at radius 1 is 0.829 bits per heavy atom. The Bertz CT molecular complexity index is 1240. The Labute approximate surface area is 261 Å². The number of aliphatic hydroxyl groups is 2. The fraction of sp³-hybridized carbons (Fsp3) is 0.595. The fourth-order valence-corrected chi connectivity index (χ4v) is 8.53. The first-order valence-electron chi connectivity index (χ1n) is 16.1. The van der Waals surface area contributed by atoms with Crippen molar-refractivity contribution >= 4 is 10.9 Å². The minimum Gasteiger partial charge on any atom is -0.392 e. The van der Waals surface area contributed by atoms with E-state index in [1.165, 1.54) is 43.1 Å². The third-order valence-corrected chi connectivity index (χ3v) is 11.6. The van der Waals surface area contributed by atoms with Crippen LogP contribution in [0.25, 0.3) is 22.2 Å². The molecule has 3 aliphatic carbocycles. The summed E-state index contributed by atoms with van der Waals surface area (Å²) in [5, 5.41) is 23.0. The van der Waals surface area contributed by atoms with E-state index in [1.54, 1.807) is 0 Å². The van der Waals surface area contributed by atoms with Crippen LogP contribution in [0.5, 0.6) is 0 Å². The Morgan fingerprint density at radius 2 is 1.49 bits per heavy atom. The molecule has 3 nitrogen and oxygen atoms in total. The first-order chi connectivity index (χ1) is 19.4. The normalized spacial score (nSPS) is 26.6. The van der Waals surface area contributed by atoms with Crippen molar-refractivity contribution in [2.75, 3.05) is 0 Å². The number of nitrogens with zero attached hydrogens (tertiary/aromatic N) is 1. The van der Waals surface area contributed by atoms with E-state index in [9.17, 15) is 10.2 Å². The zero-order valence-corrected chi connectivity index (χ0v) is 27.9. The van der Waals surface area contributed by atoms with Crippen LogP contribution in [0.3, 0.4) is 0 Å². The summed E-state index contributed by atoms with van der Waals surface area (Å²) in [6.45, 7) is 8.79. The largest absolute Gasteiger partial charge is 0.392 e. The van der Waals surface area contributed by atoms with Gasteiger partial charge in [0.05, 0.1) is 17.7 Å². The number of pyridine rings is 1. The minimum atomic E-state index is -0.309. The van der Waals surface area contributed by atoms with Gasteiger partial charge < -0.3 is 10.2 Å². The predicted molar refractivity (Wildman–Crippen MR) is 166 cm³/mol. The van der Waals surface area contributed by atoms with Crippen LogP contribution in [0.1, 0.15) is 110 Å². The van der Waals surface area contributed by atoms with Gasteiger partial charge in [0.25, 0.3) is 0 Å². The van der Waals surface area contributed by atoms with Crippen LogP contribution in [0, 0.1) is 28.7 Å². The number of hydrogen-bond donors (Lipinski definition) is 2. The summed E-state index contributed by atoms with van der Waals surface area (Å²) in [6.07, 6.45) is 12.4. The van der Waals surface area contributed by atoms with Crippen molar-refractivity contribution in [1.82, 2.24) is 4.98 Å². The van der Waals surface area contributed by atoms with Crippen LogP contribution in [0.2, 0.25) is 0 Å². The van der Waals surface area contributed by atoms with E-state index in [0.717, 1.165) is 61.2 Å². The average molecular weight is 733 g/mol. The molecular weight excluding hydrogens is 683 g/mol. The number of aliphatic hydroxyl groups excluding tert-OH is 2. The number of fused-ring (bicyclic) bond motifs is 2. The number of rotatable bonds is 6. The molecule has 41 heavy (non-hydrogen) atoms. The molecule has 4 unspecified atom stereocenters. The fourth-order valence-electron chi connectivity index (χ4n) is 8.53. The van der Waals surface area contributed by atoms with E-state index in [2.05, 4.69) is 70.2 Å². The predicted octanol–water partition coefficient (Wildman–Crippen LogP) is 9.11. The van der Waals surface area contributed by atoms with Gasteiger partial charge in [-0.1, -0.05) is 64.8 Å². The third kappa shape index (κ3) is 6.23. The molecular formula is C37H50IrNO2-. The molecule has 1 heterocycles. The Hall–Kier alpha value is -1.58. The zero-order valence-electron chi connectivity index (χ0n) is 25.5. The van der Waals surface area contributed by atoms with E-state index in [-0.39, 0.29) is 49.1 Å². The minimum absolute atomic E-state index is 0. The van der Waals surface area contributed by atoms with Gasteiger partial charge in [-0.2, -0.15) is 0 Å². The molecule has 4 atom stereocenters. The van der Waals surface area contributed by atoms with Crippen LogP contribution < -0.4 is 0 Å². The molecule has 0 aliphatic heterocycles. The number of benzene rings is 2. The van der Waals surface area contributed by atoms with Crippen LogP contribution in [0.4, 0.5) is 0 Å². The molecule has 0 bridgehead atoms. The molecule has 2 aromatic carbocycles. The molecule has 0 spiro atoms. The van der Waals surface area contributed by atoms with Crippen molar-refractivity contribution in [2.24, 2.45) is 22.7 Å². The maximum absolute atomic E-state index is 10.9. The molecule has 3 aromatic rings. The Balaban J connectivity index is 0.000000186. The second kappa shape index (κ2) is 13.8. The summed E-state index contributed by atoms with van der Waals surface area (Å²) in [7, 11) is 0. The average Bonchev–Trinajstić information content (AvgIpc) is 3.65. The molecule has 6 rings (SSSR count). The molecule has 0 amide bonds. The van der Waals surface area contributed by atoms with Gasteiger partial charge in [0.2, 0.25) is 0 Å². The monoisotopic (exact) mass is 733 g/mol. The first-order valence-corrected chi connectivity index (χ1v) is 16.1. The molecule has 225 valence electrons. The molecule has 1 aromatic heterocycles. The standard InChI is InChI=1S/C20H18N.C17H32O2.Ir/c1-2-8-16(9-3-1)19-13-12-17-10-11-18(14-20(17)21-19)15-6-4-5-7-15;1-5-16(6-2)10-9-12-11-17(7-3,8-4)15(19)13(12)14(16)18;/h1-3,8,10-15H,4-7H2;12-15,18-19H,5-11H2,1-4H3;/q-1;;. The summed E-state index contributed by atoms with van der Waals surface area (Å²) in [5.74, 6) is 1.40. The maximum atomic E-state index is 10.9. The van der Waals surface area contributed by atoms with Crippen LogP contribution in [-0.4, -0.2) is 27.4 Å². The topological polar surface area (TPSA) is 53.4 Å². The molecule has 2 N–H and O–H groups in total. The van der Waals surface area contributed by atoms with Crippen molar-refractivity contribution < 1.29 is 30.3 Å². The van der Waals surface area contributed by atoms with E-state index in [4.69, 9.17) is 4.98 Å². The van der Waals surface area contributed by atoms with Gasteiger partial charge >= 0.3 is 0 Å². The summed E-state index contributed by atoms with van der Waals surface area (Å²) < 4.78 is 0. The van der Waals surface area contributed by atoms with Crippen LogP contribution in [-0.2, 0) is 20.1 Å². The van der Waals surface area contributed by atoms with Gasteiger partial charge in [-0.05, 0) is 103 Å². The molecule has 3 fully saturated rings. The first kappa shape index (κ1) is 32.3. The van der Waals surface area contributed by atoms with Crippen molar-refractivity contribution in [3.8, 4) is 11.3 Å². The molecule has 4 heteroatoms. The van der Waals surface area contributed by atoms with E-state index in [1.807, 2.05) is 18.2 Å². The SMILES string of the molecule is CCC1(CC)CCC2CC(CC)(CC)C(O)C2C1O.[Ir].[c-]1ccccc1-c1ccc2ccc(C3CCCC3)cc2n1. The summed E-state index contributed by atoms with van der Waals surface area (Å²) in [5.41, 5.74) is 4.75. The van der Waals surface area contributed by atoms with Gasteiger partial charge in [0.1, 0.15) is 0 Å². The third-order valence-electron chi connectivity index (χ3n) is 11.6. The van der Waals surface area contributed by atoms with Gasteiger partial charge in [0, 0.05) is 26.0 Å². The number of hydrogen-bond acceptors (Lipinski definition) is 3. The van der Waals surface area contributed by atoms with Gasteiger partial charge in [0.15, 0.2) is 0 Å². The van der Waals surface area contributed by atoms with Crippen molar-refractivity contribution in [3.05, 3.63) is 66.2 Å². The Kier molecular flexibility index (Phi) is 10.9. The van der Waals surface area contributed by atoms with Crippen molar-refractivity contribution in [2.45, 2.75) is 116 Å². The van der Waals surface area contributed by atoms with Crippen LogP contribution >= 0.6 is 0 Å². The zero-order chi connectivity index (χ0) is 28.3. The van der Waals surface area contributed by atoms with Crippen molar-refractivity contribution in [3.63, 3.8) is 0 Å². The molecule has 0 saturated heterocycles. The van der Waals surface area contributed by atoms with Gasteiger partial charge in [-0.15, -0.1) is 35.9 Å². The van der Waals surface area contributed by atoms with Crippen LogP contribution in [0.15, 0.2) is 54.6 Å².